The van der Waals surface area contributed by atoms with E-state index >= 15 is 0 Å². The number of rotatable bonds is 8. The van der Waals surface area contributed by atoms with Crippen LogP contribution >= 0.6 is 11.6 Å². The Morgan fingerprint density at radius 2 is 1.86 bits per heavy atom. The number of halogens is 1. The van der Waals surface area contributed by atoms with Gasteiger partial charge >= 0.3 is 0 Å². The zero-order valence-electron chi connectivity index (χ0n) is 16.7. The van der Waals surface area contributed by atoms with Gasteiger partial charge in [0.05, 0.1) is 0 Å². The Kier molecular flexibility index (Phi) is 7.81. The van der Waals surface area contributed by atoms with Gasteiger partial charge in [-0.15, -0.1) is 0 Å². The molecule has 150 valence electrons. The van der Waals surface area contributed by atoms with Gasteiger partial charge in [0.1, 0.15) is 11.9 Å². The summed E-state index contributed by atoms with van der Waals surface area (Å²) >= 11 is 5.88. The molecule has 2 aromatic rings. The fourth-order valence-corrected chi connectivity index (χ4v) is 2.92. The normalized spacial score (nSPS) is 12.8. The van der Waals surface area contributed by atoms with E-state index in [0.29, 0.717) is 17.1 Å². The minimum absolute atomic E-state index is 0.0153. The number of anilines is 1. The molecule has 0 aliphatic carbocycles. The van der Waals surface area contributed by atoms with E-state index in [1.807, 2.05) is 45.0 Å². The van der Waals surface area contributed by atoms with Crippen LogP contribution in [0.15, 0.2) is 42.6 Å². The number of hydrogen-bond donors (Lipinski definition) is 2. The van der Waals surface area contributed by atoms with E-state index in [1.54, 1.807) is 30.5 Å². The Bertz CT molecular complexity index is 808. The molecular weight excluding hydrogens is 376 g/mol. The van der Waals surface area contributed by atoms with Gasteiger partial charge in [-0.05, 0) is 36.2 Å². The number of pyridine rings is 1. The molecular formula is C21H27ClN4O2. The largest absolute Gasteiger partial charge is 0.362 e. The Hall–Kier alpha value is -2.60. The average Bonchev–Trinajstić information content (AvgIpc) is 2.70. The molecule has 1 aromatic heterocycles. The van der Waals surface area contributed by atoms with Crippen LogP contribution in [0.4, 0.5) is 5.82 Å². The summed E-state index contributed by atoms with van der Waals surface area (Å²) in [5, 5.41) is 6.35. The standard InChI is InChI=1S/C21H27ClN4O2/c1-5-14(2)18(25-20(27)15-8-10-17(22)11-9-15)21(28)24-13-16-7-6-12-23-19(16)26(3)4/h6-12,14,18H,5,13H2,1-4H3,(H,24,28)(H,25,27). The van der Waals surface area contributed by atoms with Gasteiger partial charge in [-0.2, -0.15) is 0 Å². The molecule has 0 saturated carbocycles. The first-order chi connectivity index (χ1) is 13.3. The summed E-state index contributed by atoms with van der Waals surface area (Å²) < 4.78 is 0. The summed E-state index contributed by atoms with van der Waals surface area (Å²) in [6, 6.07) is 9.72. The lowest BCUT2D eigenvalue weighted by Crippen LogP contribution is -2.50. The lowest BCUT2D eigenvalue weighted by Gasteiger charge is -2.24. The van der Waals surface area contributed by atoms with Gasteiger partial charge in [-0.3, -0.25) is 9.59 Å². The van der Waals surface area contributed by atoms with Crippen LogP contribution < -0.4 is 15.5 Å². The van der Waals surface area contributed by atoms with Crippen molar-refractivity contribution in [3.05, 3.63) is 58.7 Å². The number of hydrogen-bond acceptors (Lipinski definition) is 4. The summed E-state index contributed by atoms with van der Waals surface area (Å²) in [6.45, 7) is 4.27. The summed E-state index contributed by atoms with van der Waals surface area (Å²) in [5.41, 5.74) is 1.38. The molecule has 0 saturated heterocycles. The number of nitrogens with zero attached hydrogens (tertiary/aromatic N) is 2. The monoisotopic (exact) mass is 402 g/mol. The molecule has 6 nitrogen and oxygen atoms in total. The maximum atomic E-state index is 12.8. The number of carbonyl (C=O) groups excluding carboxylic acids is 2. The molecule has 0 fully saturated rings. The first-order valence-corrected chi connectivity index (χ1v) is 9.66. The summed E-state index contributed by atoms with van der Waals surface area (Å²) in [7, 11) is 3.81. The molecule has 2 amide bonds. The molecule has 0 spiro atoms. The first kappa shape index (κ1) is 21.7. The van der Waals surface area contributed by atoms with Crippen LogP contribution in [0.1, 0.15) is 36.2 Å². The highest BCUT2D eigenvalue weighted by Gasteiger charge is 2.26. The average molecular weight is 403 g/mol. The van der Waals surface area contributed by atoms with Crippen LogP contribution in [-0.2, 0) is 11.3 Å². The van der Waals surface area contributed by atoms with Crippen LogP contribution in [0.25, 0.3) is 0 Å². The topological polar surface area (TPSA) is 74.3 Å². The van der Waals surface area contributed by atoms with Gasteiger partial charge in [0.15, 0.2) is 0 Å². The fourth-order valence-electron chi connectivity index (χ4n) is 2.79. The van der Waals surface area contributed by atoms with E-state index in [1.165, 1.54) is 0 Å². The number of carbonyl (C=O) groups is 2. The van der Waals surface area contributed by atoms with Crippen molar-refractivity contribution in [2.45, 2.75) is 32.9 Å². The SMILES string of the molecule is CCC(C)C(NC(=O)c1ccc(Cl)cc1)C(=O)NCc1cccnc1N(C)C. The Morgan fingerprint density at radius 1 is 1.18 bits per heavy atom. The van der Waals surface area contributed by atoms with Crippen molar-refractivity contribution in [1.29, 1.82) is 0 Å². The predicted molar refractivity (Wildman–Crippen MR) is 113 cm³/mol. The smallest absolute Gasteiger partial charge is 0.251 e. The molecule has 7 heteroatoms. The minimum atomic E-state index is -0.632. The van der Waals surface area contributed by atoms with Crippen molar-refractivity contribution >= 4 is 29.2 Å². The van der Waals surface area contributed by atoms with Crippen molar-refractivity contribution in [2.75, 3.05) is 19.0 Å². The quantitative estimate of drug-likeness (QED) is 0.710. The van der Waals surface area contributed by atoms with Crippen LogP contribution in [0.3, 0.4) is 0 Å². The highest BCUT2D eigenvalue weighted by molar-refractivity contribution is 6.30. The predicted octanol–water partition coefficient (Wildman–Crippen LogP) is 3.26. The molecule has 28 heavy (non-hydrogen) atoms. The Labute approximate surface area is 171 Å². The zero-order chi connectivity index (χ0) is 20.7. The van der Waals surface area contributed by atoms with Crippen LogP contribution in [-0.4, -0.2) is 36.9 Å². The Morgan fingerprint density at radius 3 is 2.46 bits per heavy atom. The van der Waals surface area contributed by atoms with Gasteiger partial charge in [0.2, 0.25) is 5.91 Å². The number of nitrogens with one attached hydrogen (secondary N) is 2. The molecule has 0 radical (unpaired) electrons. The van der Waals surface area contributed by atoms with Gasteiger partial charge in [0, 0.05) is 43.0 Å². The highest BCUT2D eigenvalue weighted by Crippen LogP contribution is 2.15. The van der Waals surface area contributed by atoms with E-state index in [9.17, 15) is 9.59 Å². The number of benzene rings is 1. The molecule has 2 unspecified atom stereocenters. The molecule has 0 bridgehead atoms. The second kappa shape index (κ2) is 10.1. The first-order valence-electron chi connectivity index (χ1n) is 9.28. The second-order valence-electron chi connectivity index (χ2n) is 6.94. The van der Waals surface area contributed by atoms with Crippen LogP contribution in [0.2, 0.25) is 5.02 Å². The molecule has 2 N–H and O–H groups in total. The summed E-state index contributed by atoms with van der Waals surface area (Å²) in [5.74, 6) is 0.268. The van der Waals surface area contributed by atoms with Crippen molar-refractivity contribution in [2.24, 2.45) is 5.92 Å². The second-order valence-corrected chi connectivity index (χ2v) is 7.38. The van der Waals surface area contributed by atoms with E-state index in [-0.39, 0.29) is 17.7 Å². The van der Waals surface area contributed by atoms with Crippen LogP contribution in [0.5, 0.6) is 0 Å². The minimum Gasteiger partial charge on any atom is -0.362 e. The van der Waals surface area contributed by atoms with Gasteiger partial charge in [0.25, 0.3) is 5.91 Å². The number of aromatic nitrogens is 1. The third-order valence-electron chi connectivity index (χ3n) is 4.63. The maximum absolute atomic E-state index is 12.8. The third kappa shape index (κ3) is 5.70. The van der Waals surface area contributed by atoms with Crippen molar-refractivity contribution in [3.8, 4) is 0 Å². The summed E-state index contributed by atoms with van der Waals surface area (Å²) in [6.07, 6.45) is 2.48. The molecule has 1 aromatic carbocycles. The van der Waals surface area contributed by atoms with Crippen molar-refractivity contribution < 1.29 is 9.59 Å². The van der Waals surface area contributed by atoms with Crippen LogP contribution in [0, 0.1) is 5.92 Å². The van der Waals surface area contributed by atoms with Crippen molar-refractivity contribution in [3.63, 3.8) is 0 Å². The third-order valence-corrected chi connectivity index (χ3v) is 4.88. The molecule has 0 aliphatic rings. The highest BCUT2D eigenvalue weighted by atomic mass is 35.5. The molecule has 2 atom stereocenters. The Balaban J connectivity index is 2.09. The van der Waals surface area contributed by atoms with Gasteiger partial charge in [-0.25, -0.2) is 4.98 Å². The van der Waals surface area contributed by atoms with E-state index in [0.717, 1.165) is 17.8 Å². The maximum Gasteiger partial charge on any atom is 0.251 e. The fraction of sp³-hybridized carbons (Fsp3) is 0.381. The lowest BCUT2D eigenvalue weighted by atomic mass is 9.97. The van der Waals surface area contributed by atoms with Gasteiger partial charge in [-0.1, -0.05) is 37.9 Å². The van der Waals surface area contributed by atoms with E-state index in [2.05, 4.69) is 15.6 Å². The van der Waals surface area contributed by atoms with E-state index < -0.39 is 6.04 Å². The zero-order valence-corrected chi connectivity index (χ0v) is 17.5. The molecule has 0 aliphatic heterocycles. The summed E-state index contributed by atoms with van der Waals surface area (Å²) in [4.78, 5) is 31.6. The van der Waals surface area contributed by atoms with E-state index in [4.69, 9.17) is 11.6 Å². The van der Waals surface area contributed by atoms with Gasteiger partial charge < -0.3 is 15.5 Å². The molecule has 1 heterocycles. The molecule has 2 rings (SSSR count). The lowest BCUT2D eigenvalue weighted by molar-refractivity contribution is -0.124. The number of amides is 2. The van der Waals surface area contributed by atoms with Crippen molar-refractivity contribution in [1.82, 2.24) is 15.6 Å².